The first kappa shape index (κ1) is 10.9. The number of nitrogens with one attached hydrogen (secondary N) is 2. The van der Waals surface area contributed by atoms with Crippen LogP contribution in [0.2, 0.25) is 0 Å². The first-order valence-electron chi connectivity index (χ1n) is 5.58. The highest BCUT2D eigenvalue weighted by Gasteiger charge is 2.30. The van der Waals surface area contributed by atoms with Gasteiger partial charge in [-0.05, 0) is 12.8 Å². The molecule has 1 saturated heterocycles. The lowest BCUT2D eigenvalue weighted by Gasteiger charge is -2.23. The summed E-state index contributed by atoms with van der Waals surface area (Å²) in [6, 6.07) is -0.547. The predicted octanol–water partition coefficient (Wildman–Crippen LogP) is 0.150. The number of hydrogen-bond donors (Lipinski definition) is 2. The Morgan fingerprint density at radius 3 is 2.50 bits per heavy atom. The van der Waals surface area contributed by atoms with Crippen LogP contribution in [-0.2, 0) is 9.59 Å². The van der Waals surface area contributed by atoms with Crippen molar-refractivity contribution < 1.29 is 14.4 Å². The third-order valence-electron chi connectivity index (χ3n) is 3.01. The van der Waals surface area contributed by atoms with E-state index in [-0.39, 0.29) is 24.3 Å². The van der Waals surface area contributed by atoms with Gasteiger partial charge in [0.25, 0.3) is 0 Å². The van der Waals surface area contributed by atoms with Gasteiger partial charge in [0.2, 0.25) is 11.8 Å². The van der Waals surface area contributed by atoms with Crippen LogP contribution in [0.5, 0.6) is 0 Å². The smallest absolute Gasteiger partial charge is 0.275 e. The van der Waals surface area contributed by atoms with E-state index in [0.717, 1.165) is 30.7 Å². The summed E-state index contributed by atoms with van der Waals surface area (Å²) in [7, 11) is 0. The topological polar surface area (TPSA) is 78.5 Å². The van der Waals surface area contributed by atoms with Gasteiger partial charge in [-0.25, -0.2) is 9.80 Å². The zero-order chi connectivity index (χ0) is 11.5. The minimum atomic E-state index is -0.547. The van der Waals surface area contributed by atoms with Crippen molar-refractivity contribution in [1.29, 1.82) is 0 Å². The number of carbonyl (C=O) groups excluding carboxylic acids is 3. The van der Waals surface area contributed by atoms with E-state index in [2.05, 4.69) is 10.7 Å². The third kappa shape index (κ3) is 2.32. The summed E-state index contributed by atoms with van der Waals surface area (Å²) in [5, 5.41) is 3.15. The zero-order valence-electron chi connectivity index (χ0n) is 8.99. The number of rotatable bonds is 2. The number of hydrogen-bond acceptors (Lipinski definition) is 3. The first-order chi connectivity index (χ1) is 7.66. The van der Waals surface area contributed by atoms with E-state index in [9.17, 15) is 14.4 Å². The minimum Gasteiger partial charge on any atom is -0.275 e. The average molecular weight is 225 g/mol. The molecule has 0 bridgehead atoms. The Bertz CT molecular complexity index is 323. The molecule has 0 aromatic carbocycles. The standard InChI is InChI=1S/C10H15N3O3/c14-8-6-13(10(16)11-8)12-9(15)7-4-2-1-3-5-7/h7H,1-6H2,(H,12,15)(H,11,14,16). The van der Waals surface area contributed by atoms with Gasteiger partial charge in [-0.15, -0.1) is 0 Å². The molecule has 0 spiro atoms. The number of carbonyl (C=O) groups is 3. The monoisotopic (exact) mass is 225 g/mol. The zero-order valence-corrected chi connectivity index (χ0v) is 8.99. The molecule has 6 heteroatoms. The van der Waals surface area contributed by atoms with E-state index in [1.807, 2.05) is 0 Å². The summed E-state index contributed by atoms with van der Waals surface area (Å²) in [5.41, 5.74) is 2.49. The van der Waals surface area contributed by atoms with E-state index in [4.69, 9.17) is 0 Å². The Kier molecular flexibility index (Phi) is 3.07. The van der Waals surface area contributed by atoms with Crippen LogP contribution in [0.15, 0.2) is 0 Å². The van der Waals surface area contributed by atoms with Gasteiger partial charge in [0.05, 0.1) is 0 Å². The highest BCUT2D eigenvalue weighted by Crippen LogP contribution is 2.23. The van der Waals surface area contributed by atoms with Crippen molar-refractivity contribution in [2.45, 2.75) is 32.1 Å². The highest BCUT2D eigenvalue weighted by molar-refractivity contribution is 6.02. The number of amides is 4. The Morgan fingerprint density at radius 2 is 1.94 bits per heavy atom. The molecule has 2 fully saturated rings. The van der Waals surface area contributed by atoms with Gasteiger partial charge in [0, 0.05) is 5.92 Å². The van der Waals surface area contributed by atoms with Crippen molar-refractivity contribution in [2.75, 3.05) is 6.54 Å². The summed E-state index contributed by atoms with van der Waals surface area (Å²) >= 11 is 0. The minimum absolute atomic E-state index is 0.0164. The molecular formula is C10H15N3O3. The van der Waals surface area contributed by atoms with Crippen LogP contribution >= 0.6 is 0 Å². The summed E-state index contributed by atoms with van der Waals surface area (Å²) in [6.45, 7) is -0.0860. The van der Waals surface area contributed by atoms with E-state index in [1.54, 1.807) is 0 Å². The van der Waals surface area contributed by atoms with Gasteiger partial charge >= 0.3 is 6.03 Å². The maximum Gasteiger partial charge on any atom is 0.343 e. The molecular weight excluding hydrogens is 210 g/mol. The second-order valence-electron chi connectivity index (χ2n) is 4.25. The number of nitrogens with zero attached hydrogens (tertiary/aromatic N) is 1. The number of imide groups is 1. The van der Waals surface area contributed by atoms with Crippen molar-refractivity contribution >= 4 is 17.8 Å². The predicted molar refractivity (Wildman–Crippen MR) is 55.0 cm³/mol. The third-order valence-corrected chi connectivity index (χ3v) is 3.01. The fraction of sp³-hybridized carbons (Fsp3) is 0.700. The molecule has 2 N–H and O–H groups in total. The van der Waals surface area contributed by atoms with Crippen LogP contribution in [0.3, 0.4) is 0 Å². The molecule has 0 unspecified atom stereocenters. The average Bonchev–Trinajstić information content (AvgIpc) is 2.59. The molecule has 1 saturated carbocycles. The maximum absolute atomic E-state index is 11.8. The lowest BCUT2D eigenvalue weighted by Crippen LogP contribution is -2.46. The molecule has 0 radical (unpaired) electrons. The molecule has 16 heavy (non-hydrogen) atoms. The summed E-state index contributed by atoms with van der Waals surface area (Å²) in [4.78, 5) is 33.8. The Hall–Kier alpha value is -1.59. The van der Waals surface area contributed by atoms with Crippen molar-refractivity contribution in [3.05, 3.63) is 0 Å². The SMILES string of the molecule is O=C1CN(NC(=O)C2CCCCC2)C(=O)N1. The lowest BCUT2D eigenvalue weighted by molar-refractivity contribution is -0.129. The van der Waals surface area contributed by atoms with Crippen molar-refractivity contribution in [2.24, 2.45) is 5.92 Å². The van der Waals surface area contributed by atoms with Crippen LogP contribution in [0.4, 0.5) is 4.79 Å². The molecule has 0 aromatic rings. The Morgan fingerprint density at radius 1 is 1.25 bits per heavy atom. The normalized spacial score (nSPS) is 22.1. The van der Waals surface area contributed by atoms with Gasteiger partial charge in [0.1, 0.15) is 6.54 Å². The molecule has 2 rings (SSSR count). The largest absolute Gasteiger partial charge is 0.343 e. The van der Waals surface area contributed by atoms with Crippen molar-refractivity contribution in [1.82, 2.24) is 15.8 Å². The van der Waals surface area contributed by atoms with Crippen LogP contribution in [0.25, 0.3) is 0 Å². The molecule has 0 atom stereocenters. The van der Waals surface area contributed by atoms with E-state index >= 15 is 0 Å². The van der Waals surface area contributed by atoms with Gasteiger partial charge in [-0.3, -0.25) is 20.3 Å². The molecule has 4 amide bonds. The Balaban J connectivity index is 1.86. The molecule has 1 aliphatic carbocycles. The molecule has 6 nitrogen and oxygen atoms in total. The molecule has 1 aliphatic heterocycles. The quantitative estimate of drug-likeness (QED) is 0.656. The van der Waals surface area contributed by atoms with Crippen molar-refractivity contribution in [3.63, 3.8) is 0 Å². The second kappa shape index (κ2) is 4.51. The van der Waals surface area contributed by atoms with Gasteiger partial charge in [-0.2, -0.15) is 0 Å². The molecule has 0 aromatic heterocycles. The van der Waals surface area contributed by atoms with Gasteiger partial charge < -0.3 is 0 Å². The fourth-order valence-electron chi connectivity index (χ4n) is 2.12. The van der Waals surface area contributed by atoms with Crippen LogP contribution in [-0.4, -0.2) is 29.4 Å². The van der Waals surface area contributed by atoms with Gasteiger partial charge in [-0.1, -0.05) is 19.3 Å². The summed E-state index contributed by atoms with van der Waals surface area (Å²) < 4.78 is 0. The lowest BCUT2D eigenvalue weighted by atomic mass is 9.89. The molecule has 88 valence electrons. The molecule has 1 heterocycles. The molecule has 2 aliphatic rings. The fourth-order valence-corrected chi connectivity index (χ4v) is 2.12. The van der Waals surface area contributed by atoms with E-state index in [0.29, 0.717) is 0 Å². The van der Waals surface area contributed by atoms with Crippen LogP contribution in [0.1, 0.15) is 32.1 Å². The van der Waals surface area contributed by atoms with E-state index < -0.39 is 6.03 Å². The Labute approximate surface area is 93.3 Å². The van der Waals surface area contributed by atoms with Gasteiger partial charge in [0.15, 0.2) is 0 Å². The number of urea groups is 1. The summed E-state index contributed by atoms with van der Waals surface area (Å²) in [6.07, 6.45) is 5.03. The summed E-state index contributed by atoms with van der Waals surface area (Å²) in [5.74, 6) is -0.546. The number of hydrazine groups is 1. The van der Waals surface area contributed by atoms with E-state index in [1.165, 1.54) is 6.42 Å². The van der Waals surface area contributed by atoms with Crippen molar-refractivity contribution in [3.8, 4) is 0 Å². The second-order valence-corrected chi connectivity index (χ2v) is 4.25. The first-order valence-corrected chi connectivity index (χ1v) is 5.58. The van der Waals surface area contributed by atoms with Crippen LogP contribution in [0, 0.1) is 5.92 Å². The van der Waals surface area contributed by atoms with Crippen LogP contribution < -0.4 is 10.7 Å². The maximum atomic E-state index is 11.8. The highest BCUT2D eigenvalue weighted by atomic mass is 16.2.